The minimum Gasteiger partial charge on any atom is -0.454 e. The average Bonchev–Trinajstić information content (AvgIpc) is 1.51. The quantitative estimate of drug-likeness (QED) is 0.128. The van der Waals surface area contributed by atoms with Gasteiger partial charge in [0.25, 0.3) is 0 Å². The Balaban J connectivity index is 0.000000134. The lowest BCUT2D eigenvalue weighted by Gasteiger charge is -2.15. The summed E-state index contributed by atoms with van der Waals surface area (Å²) in [6.45, 7) is 0. The summed E-state index contributed by atoms with van der Waals surface area (Å²) in [5.74, 6) is 0. The van der Waals surface area contributed by atoms with E-state index in [1.54, 1.807) is 0 Å². The first kappa shape index (κ1) is 72.9. The number of furan rings is 2. The van der Waals surface area contributed by atoms with Crippen LogP contribution in [0.15, 0.2) is 458 Å². The molecular formula is C122H74N6O2. The molecule has 0 aliphatic carbocycles. The molecule has 0 unspecified atom stereocenters. The Bertz CT molecular complexity index is 9550. The second kappa shape index (κ2) is 29.1. The molecule has 0 atom stereocenters. The van der Waals surface area contributed by atoms with Gasteiger partial charge in [0.15, 0.2) is 11.2 Å². The molecule has 0 aliphatic heterocycles. The number of para-hydroxylation sites is 8. The highest BCUT2D eigenvalue weighted by Gasteiger charge is 2.28. The van der Waals surface area contributed by atoms with Crippen LogP contribution in [0.1, 0.15) is 0 Å². The molecule has 0 saturated carbocycles. The lowest BCUT2D eigenvalue weighted by atomic mass is 9.95. The van der Waals surface area contributed by atoms with Gasteiger partial charge in [-0.1, -0.05) is 315 Å². The fourth-order valence-corrected chi connectivity index (χ4v) is 21.2. The smallest absolute Gasteiger partial charge is 0.160 e. The van der Waals surface area contributed by atoms with Crippen LogP contribution >= 0.6 is 0 Å². The van der Waals surface area contributed by atoms with Crippen molar-refractivity contribution in [3.8, 4) is 89.8 Å². The van der Waals surface area contributed by atoms with Crippen LogP contribution in [0.2, 0.25) is 0 Å². The van der Waals surface area contributed by atoms with E-state index in [0.717, 1.165) is 155 Å². The monoisotopic (exact) mass is 1650 g/mol. The molecule has 604 valence electrons. The number of nitrogens with zero attached hydrogens (tertiary/aromatic N) is 6. The number of hydrogen-bond acceptors (Lipinski definition) is 4. The van der Waals surface area contributed by atoms with Crippen LogP contribution < -0.4 is 0 Å². The summed E-state index contributed by atoms with van der Waals surface area (Å²) in [6, 6.07) is 161. The molecule has 0 bridgehead atoms. The molecule has 28 rings (SSSR count). The molecular weight excluding hydrogens is 1580 g/mol. The zero-order valence-corrected chi connectivity index (χ0v) is 70.2. The Morgan fingerprint density at radius 1 is 0.162 bits per heavy atom. The number of pyridine rings is 2. The summed E-state index contributed by atoms with van der Waals surface area (Å²) in [6.07, 6.45) is 0. The number of aromatic nitrogens is 6. The van der Waals surface area contributed by atoms with Crippen LogP contribution in [0.4, 0.5) is 0 Å². The summed E-state index contributed by atoms with van der Waals surface area (Å²) >= 11 is 0. The molecule has 8 heteroatoms. The first-order valence-corrected chi connectivity index (χ1v) is 44.4. The second-order valence-electron chi connectivity index (χ2n) is 34.1. The van der Waals surface area contributed by atoms with Crippen LogP contribution in [-0.4, -0.2) is 28.2 Å². The van der Waals surface area contributed by atoms with Crippen molar-refractivity contribution in [2.45, 2.75) is 0 Å². The third-order valence-corrected chi connectivity index (χ3v) is 27.0. The molecule has 20 aromatic carbocycles. The zero-order chi connectivity index (χ0) is 85.2. The lowest BCUT2D eigenvalue weighted by molar-refractivity contribution is 0.666. The van der Waals surface area contributed by atoms with Crippen LogP contribution in [0, 0.1) is 0 Å². The standard InChI is InChI=1S/2C61H37N3O/c1-3-16-38(17-4-1)40-20-15-21-43(34-40)63-52-27-12-8-22-44(52)48-35-41(30-32-54(48)63)42-31-33-55-49(36-42)45-23-9-13-28-53(45)64(55)56-37-50-58(59-47-25-10-14-29-57(47)65-61(56)59)46-24-7-11-26-51(46)62-60(50)39-18-5-2-6-19-39;1-3-15-38(16-4-1)39-27-31-43(32-28-39)63-52-24-12-8-19-44(52)48-35-41(29-33-54(48)63)42-30-34-55-49(36-42)45-20-9-13-25-53(45)64(55)56-37-50-58(59-47-22-10-14-26-57(47)65-61(56)59)46-21-7-11-23-51(46)62-60(50)40-17-5-2-6-18-40/h2*1-37H. The van der Waals surface area contributed by atoms with E-state index >= 15 is 0 Å². The Morgan fingerprint density at radius 2 is 0.446 bits per heavy atom. The normalized spacial score (nSPS) is 12.0. The molecule has 8 aromatic heterocycles. The van der Waals surface area contributed by atoms with E-state index in [2.05, 4.69) is 467 Å². The molecule has 0 aliphatic rings. The zero-order valence-electron chi connectivity index (χ0n) is 70.2. The van der Waals surface area contributed by atoms with Gasteiger partial charge in [-0.15, -0.1) is 0 Å². The summed E-state index contributed by atoms with van der Waals surface area (Å²) in [5, 5.41) is 20.8. The van der Waals surface area contributed by atoms with Crippen molar-refractivity contribution < 1.29 is 8.83 Å². The molecule has 0 N–H and O–H groups in total. The summed E-state index contributed by atoms with van der Waals surface area (Å²) in [5.41, 5.74) is 32.4. The van der Waals surface area contributed by atoms with Gasteiger partial charge in [-0.2, -0.15) is 0 Å². The van der Waals surface area contributed by atoms with Crippen LogP contribution in [0.5, 0.6) is 0 Å². The molecule has 0 amide bonds. The highest BCUT2D eigenvalue weighted by atomic mass is 16.3. The Hall–Kier alpha value is -17.5. The number of rotatable bonds is 10. The maximum Gasteiger partial charge on any atom is 0.160 e. The topological polar surface area (TPSA) is 71.8 Å². The Morgan fingerprint density at radius 3 is 0.854 bits per heavy atom. The van der Waals surface area contributed by atoms with Gasteiger partial charge in [0.2, 0.25) is 0 Å². The van der Waals surface area contributed by atoms with E-state index in [4.69, 9.17) is 18.8 Å². The molecule has 0 radical (unpaired) electrons. The van der Waals surface area contributed by atoms with E-state index in [-0.39, 0.29) is 0 Å². The van der Waals surface area contributed by atoms with Crippen LogP contribution in [0.3, 0.4) is 0 Å². The van der Waals surface area contributed by atoms with Gasteiger partial charge in [-0.05, 0) is 178 Å². The van der Waals surface area contributed by atoms with Crippen molar-refractivity contribution in [3.05, 3.63) is 449 Å². The lowest BCUT2D eigenvalue weighted by Crippen LogP contribution is -1.97. The maximum atomic E-state index is 7.00. The molecule has 130 heavy (non-hydrogen) atoms. The predicted octanol–water partition coefficient (Wildman–Crippen LogP) is 33.0. The fourth-order valence-electron chi connectivity index (χ4n) is 21.2. The van der Waals surface area contributed by atoms with Crippen LogP contribution in [0.25, 0.3) is 264 Å². The van der Waals surface area contributed by atoms with E-state index in [1.807, 2.05) is 0 Å². The molecule has 28 aromatic rings. The van der Waals surface area contributed by atoms with E-state index in [0.29, 0.717) is 0 Å². The van der Waals surface area contributed by atoms with E-state index in [1.165, 1.54) is 110 Å². The van der Waals surface area contributed by atoms with Crippen molar-refractivity contribution in [2.75, 3.05) is 0 Å². The maximum absolute atomic E-state index is 7.00. The highest BCUT2D eigenvalue weighted by molar-refractivity contribution is 6.32. The van der Waals surface area contributed by atoms with Gasteiger partial charge in [0, 0.05) is 119 Å². The predicted molar refractivity (Wildman–Crippen MR) is 543 cm³/mol. The van der Waals surface area contributed by atoms with Gasteiger partial charge in [0.1, 0.15) is 11.2 Å². The van der Waals surface area contributed by atoms with Gasteiger partial charge < -0.3 is 27.1 Å². The molecule has 8 nitrogen and oxygen atoms in total. The minimum absolute atomic E-state index is 0.858. The van der Waals surface area contributed by atoms with E-state index in [9.17, 15) is 0 Å². The fraction of sp³-hybridized carbons (Fsp3) is 0. The largest absolute Gasteiger partial charge is 0.454 e. The van der Waals surface area contributed by atoms with E-state index < -0.39 is 0 Å². The minimum atomic E-state index is 0.858. The van der Waals surface area contributed by atoms with Crippen molar-refractivity contribution in [3.63, 3.8) is 0 Å². The third-order valence-electron chi connectivity index (χ3n) is 27.0. The Labute approximate surface area is 745 Å². The van der Waals surface area contributed by atoms with Crippen molar-refractivity contribution in [2.24, 2.45) is 0 Å². The molecule has 0 fully saturated rings. The number of fused-ring (bicyclic) bond motifs is 26. The van der Waals surface area contributed by atoms with Gasteiger partial charge in [-0.3, -0.25) is 0 Å². The van der Waals surface area contributed by atoms with Crippen molar-refractivity contribution in [1.29, 1.82) is 0 Å². The van der Waals surface area contributed by atoms with Crippen LogP contribution in [-0.2, 0) is 0 Å². The second-order valence-corrected chi connectivity index (χ2v) is 34.1. The van der Waals surface area contributed by atoms with Gasteiger partial charge in [0.05, 0.1) is 77.9 Å². The number of hydrogen-bond donors (Lipinski definition) is 0. The Kier molecular flexibility index (Phi) is 16.3. The number of benzene rings is 20. The summed E-state index contributed by atoms with van der Waals surface area (Å²) in [7, 11) is 0. The SMILES string of the molecule is c1ccc(-c2ccc(-n3c4ccccc4c4cc(-c5ccc6c(c5)c5ccccc5n6-c5cc6c(-c7ccccc7)nc7ccccc7c6c6c5oc5ccccc56)ccc43)cc2)cc1.c1ccc(-c2cccc(-n3c4ccccc4c4cc(-c5ccc6c(c5)c5ccccc5n6-c5cc6c(-c7ccccc7)nc7ccccc7c6c6c5oc5ccccc56)ccc43)c2)cc1. The van der Waals surface area contributed by atoms with Gasteiger partial charge in [-0.25, -0.2) is 9.97 Å². The average molecular weight is 1660 g/mol. The molecule has 0 spiro atoms. The van der Waals surface area contributed by atoms with Crippen molar-refractivity contribution >= 4 is 174 Å². The summed E-state index contributed by atoms with van der Waals surface area (Å²) in [4.78, 5) is 10.7. The van der Waals surface area contributed by atoms with Crippen molar-refractivity contribution in [1.82, 2.24) is 28.2 Å². The summed E-state index contributed by atoms with van der Waals surface area (Å²) < 4.78 is 23.6. The highest BCUT2D eigenvalue weighted by Crippen LogP contribution is 2.51. The molecule has 8 heterocycles. The molecule has 0 saturated heterocycles. The first-order valence-electron chi connectivity index (χ1n) is 44.4. The third kappa shape index (κ3) is 11.3. The first-order chi connectivity index (χ1) is 64.5. The van der Waals surface area contributed by atoms with Gasteiger partial charge >= 0.3 is 0 Å².